The van der Waals surface area contributed by atoms with E-state index in [1.54, 1.807) is 17.8 Å². The zero-order valence-corrected chi connectivity index (χ0v) is 16.7. The molecule has 1 aliphatic rings. The number of aromatic nitrogens is 4. The van der Waals surface area contributed by atoms with Gasteiger partial charge in [0.15, 0.2) is 5.82 Å². The number of hydrogen-bond donors (Lipinski definition) is 0. The van der Waals surface area contributed by atoms with Crippen LogP contribution in [0.15, 0.2) is 35.0 Å². The van der Waals surface area contributed by atoms with Gasteiger partial charge in [-0.2, -0.15) is 10.1 Å². The van der Waals surface area contributed by atoms with Gasteiger partial charge in [-0.3, -0.25) is 4.79 Å². The molecule has 1 unspecified atom stereocenters. The molecule has 1 saturated heterocycles. The summed E-state index contributed by atoms with van der Waals surface area (Å²) < 4.78 is 7.12. The van der Waals surface area contributed by atoms with Crippen molar-refractivity contribution in [1.29, 1.82) is 0 Å². The van der Waals surface area contributed by atoms with E-state index in [0.29, 0.717) is 41.8 Å². The number of rotatable bonds is 4. The highest BCUT2D eigenvalue weighted by atomic mass is 35.5. The smallest absolute Gasteiger partial charge is 0.257 e. The number of carbonyl (C=O) groups is 1. The summed E-state index contributed by atoms with van der Waals surface area (Å²) in [7, 11) is 0. The Morgan fingerprint density at radius 3 is 2.96 bits per heavy atom. The maximum absolute atomic E-state index is 13.3. The van der Waals surface area contributed by atoms with Crippen LogP contribution in [0, 0.1) is 6.92 Å². The van der Waals surface area contributed by atoms with Crippen molar-refractivity contribution in [3.05, 3.63) is 58.5 Å². The summed E-state index contributed by atoms with van der Waals surface area (Å²) in [6.07, 6.45) is 4.19. The van der Waals surface area contributed by atoms with E-state index in [1.165, 1.54) is 0 Å². The molecule has 0 bridgehead atoms. The minimum absolute atomic E-state index is 0.00827. The average molecular weight is 400 g/mol. The average Bonchev–Trinajstić information content (AvgIpc) is 3.33. The topological polar surface area (TPSA) is 77.1 Å². The van der Waals surface area contributed by atoms with Crippen molar-refractivity contribution in [1.82, 2.24) is 24.8 Å². The van der Waals surface area contributed by atoms with Crippen LogP contribution in [0.3, 0.4) is 0 Å². The second-order valence-corrected chi connectivity index (χ2v) is 7.46. The number of amides is 1. The molecule has 0 saturated carbocycles. The lowest BCUT2D eigenvalue weighted by Crippen LogP contribution is -2.39. The first kappa shape index (κ1) is 18.7. The zero-order chi connectivity index (χ0) is 19.7. The Morgan fingerprint density at radius 2 is 2.25 bits per heavy atom. The summed E-state index contributed by atoms with van der Waals surface area (Å²) in [5.74, 6) is 1.30. The number of likely N-dealkylation sites (tertiary alicyclic amines) is 1. The van der Waals surface area contributed by atoms with Crippen molar-refractivity contribution in [3.8, 4) is 5.69 Å². The first-order valence-corrected chi connectivity index (χ1v) is 9.87. The van der Waals surface area contributed by atoms with Gasteiger partial charge in [-0.1, -0.05) is 29.7 Å². The monoisotopic (exact) mass is 399 g/mol. The van der Waals surface area contributed by atoms with Gasteiger partial charge in [0.2, 0.25) is 5.89 Å². The van der Waals surface area contributed by atoms with E-state index < -0.39 is 0 Å². The third kappa shape index (κ3) is 3.54. The SMILES string of the molecule is CCc1c(C(=O)N2CCCC(c3nc(C)no3)C2)cnn1-c1cccc(Cl)c1. The maximum Gasteiger partial charge on any atom is 0.257 e. The Morgan fingerprint density at radius 1 is 1.39 bits per heavy atom. The van der Waals surface area contributed by atoms with Gasteiger partial charge < -0.3 is 9.42 Å². The lowest BCUT2D eigenvalue weighted by Gasteiger charge is -2.31. The van der Waals surface area contributed by atoms with Crippen LogP contribution < -0.4 is 0 Å². The Bertz CT molecular complexity index is 996. The Labute approximate surface area is 168 Å². The van der Waals surface area contributed by atoms with Crippen LogP contribution in [0.25, 0.3) is 5.69 Å². The van der Waals surface area contributed by atoms with Gasteiger partial charge in [0.05, 0.1) is 29.1 Å². The van der Waals surface area contributed by atoms with Crippen molar-refractivity contribution >= 4 is 17.5 Å². The molecule has 3 heterocycles. The number of hydrogen-bond acceptors (Lipinski definition) is 5. The fourth-order valence-corrected chi connectivity index (χ4v) is 3.92. The molecule has 0 spiro atoms. The highest BCUT2D eigenvalue weighted by Gasteiger charge is 2.30. The molecule has 4 rings (SSSR count). The van der Waals surface area contributed by atoms with Crippen LogP contribution in [-0.2, 0) is 6.42 Å². The van der Waals surface area contributed by atoms with Crippen LogP contribution in [0.4, 0.5) is 0 Å². The van der Waals surface area contributed by atoms with E-state index in [-0.39, 0.29) is 11.8 Å². The molecule has 1 aliphatic heterocycles. The van der Waals surface area contributed by atoms with Gasteiger partial charge >= 0.3 is 0 Å². The molecule has 7 nitrogen and oxygen atoms in total. The number of nitrogens with zero attached hydrogens (tertiary/aromatic N) is 5. The van der Waals surface area contributed by atoms with Gasteiger partial charge in [0.1, 0.15) is 0 Å². The van der Waals surface area contributed by atoms with E-state index in [9.17, 15) is 4.79 Å². The Balaban J connectivity index is 1.59. The second-order valence-electron chi connectivity index (χ2n) is 7.02. The minimum Gasteiger partial charge on any atom is -0.339 e. The van der Waals surface area contributed by atoms with Crippen molar-refractivity contribution in [2.75, 3.05) is 13.1 Å². The molecule has 2 aromatic heterocycles. The standard InChI is InChI=1S/C20H22ClN5O2/c1-3-18-17(11-22-26(18)16-8-4-7-15(21)10-16)20(27)25-9-5-6-14(12-25)19-23-13(2)24-28-19/h4,7-8,10-11,14H,3,5-6,9,12H2,1-2H3. The fraction of sp³-hybridized carbons (Fsp3) is 0.400. The molecule has 1 fully saturated rings. The minimum atomic E-state index is -0.00827. The Kier molecular flexibility index (Phi) is 5.17. The second kappa shape index (κ2) is 7.75. The molecule has 1 atom stereocenters. The van der Waals surface area contributed by atoms with Gasteiger partial charge in [-0.25, -0.2) is 4.68 Å². The molecule has 1 aromatic carbocycles. The van der Waals surface area contributed by atoms with E-state index >= 15 is 0 Å². The molecular weight excluding hydrogens is 378 g/mol. The van der Waals surface area contributed by atoms with Gasteiger partial charge in [-0.15, -0.1) is 0 Å². The van der Waals surface area contributed by atoms with E-state index in [1.807, 2.05) is 36.1 Å². The van der Waals surface area contributed by atoms with Crippen molar-refractivity contribution < 1.29 is 9.32 Å². The normalized spacial score (nSPS) is 17.1. The van der Waals surface area contributed by atoms with E-state index in [0.717, 1.165) is 24.2 Å². The third-order valence-electron chi connectivity index (χ3n) is 5.09. The van der Waals surface area contributed by atoms with E-state index in [4.69, 9.17) is 16.1 Å². The summed E-state index contributed by atoms with van der Waals surface area (Å²) in [5, 5.41) is 8.98. The molecule has 0 radical (unpaired) electrons. The number of carbonyl (C=O) groups excluding carboxylic acids is 1. The molecule has 1 amide bonds. The first-order chi connectivity index (χ1) is 13.6. The van der Waals surface area contributed by atoms with Crippen molar-refractivity contribution in [2.45, 2.75) is 39.0 Å². The third-order valence-corrected chi connectivity index (χ3v) is 5.32. The van der Waals surface area contributed by atoms with Crippen molar-refractivity contribution in [3.63, 3.8) is 0 Å². The van der Waals surface area contributed by atoms with E-state index in [2.05, 4.69) is 15.2 Å². The highest BCUT2D eigenvalue weighted by molar-refractivity contribution is 6.30. The zero-order valence-electron chi connectivity index (χ0n) is 15.9. The number of halogens is 1. The van der Waals surface area contributed by atoms with Crippen LogP contribution >= 0.6 is 11.6 Å². The number of piperidine rings is 1. The molecular formula is C20H22ClN5O2. The summed E-state index contributed by atoms with van der Waals surface area (Å²) in [6.45, 7) is 5.12. The van der Waals surface area contributed by atoms with Crippen molar-refractivity contribution in [2.24, 2.45) is 0 Å². The summed E-state index contributed by atoms with van der Waals surface area (Å²) in [4.78, 5) is 19.5. The van der Waals surface area contributed by atoms with Crippen LogP contribution in [0.1, 0.15) is 53.5 Å². The molecule has 8 heteroatoms. The van der Waals surface area contributed by atoms with Gasteiger partial charge in [0.25, 0.3) is 5.91 Å². The lowest BCUT2D eigenvalue weighted by molar-refractivity contribution is 0.0694. The Hall–Kier alpha value is -2.67. The quantitative estimate of drug-likeness (QED) is 0.666. The first-order valence-electron chi connectivity index (χ1n) is 9.49. The largest absolute Gasteiger partial charge is 0.339 e. The van der Waals surface area contributed by atoms with Gasteiger partial charge in [0, 0.05) is 18.1 Å². The molecule has 3 aromatic rings. The molecule has 28 heavy (non-hydrogen) atoms. The summed E-state index contributed by atoms with van der Waals surface area (Å²) in [6, 6.07) is 7.47. The molecule has 0 aliphatic carbocycles. The highest BCUT2D eigenvalue weighted by Crippen LogP contribution is 2.28. The van der Waals surface area contributed by atoms with Gasteiger partial charge in [-0.05, 0) is 44.4 Å². The van der Waals surface area contributed by atoms with Crippen LogP contribution in [0.2, 0.25) is 5.02 Å². The predicted octanol–water partition coefficient (Wildman–Crippen LogP) is 3.80. The van der Waals surface area contributed by atoms with Crippen LogP contribution in [0.5, 0.6) is 0 Å². The maximum atomic E-state index is 13.3. The molecule has 0 N–H and O–H groups in total. The number of aryl methyl sites for hydroxylation is 1. The fourth-order valence-electron chi connectivity index (χ4n) is 3.74. The number of benzene rings is 1. The molecule has 146 valence electrons. The summed E-state index contributed by atoms with van der Waals surface area (Å²) >= 11 is 6.12. The lowest BCUT2D eigenvalue weighted by atomic mass is 9.97. The predicted molar refractivity (Wildman–Crippen MR) is 105 cm³/mol. The van der Waals surface area contributed by atoms with Crippen LogP contribution in [-0.4, -0.2) is 43.8 Å². The summed E-state index contributed by atoms with van der Waals surface area (Å²) in [5.41, 5.74) is 2.36.